The van der Waals surface area contributed by atoms with Crippen LogP contribution in [0.15, 0.2) is 24.3 Å². The Kier molecular flexibility index (Phi) is 3.51. The highest BCUT2D eigenvalue weighted by Gasteiger charge is 2.23. The van der Waals surface area contributed by atoms with Gasteiger partial charge in [0.15, 0.2) is 5.82 Å². The van der Waals surface area contributed by atoms with E-state index in [1.807, 2.05) is 16.6 Å². The summed E-state index contributed by atoms with van der Waals surface area (Å²) in [5.41, 5.74) is 7.98. The molecule has 0 fully saturated rings. The Morgan fingerprint density at radius 3 is 2.67 bits per heavy atom. The molecule has 1 aromatic carbocycles. The van der Waals surface area contributed by atoms with Crippen molar-refractivity contribution in [2.75, 3.05) is 6.54 Å². The minimum atomic E-state index is -0.0818. The highest BCUT2D eigenvalue weighted by atomic mass is 32.1. The third kappa shape index (κ3) is 2.56. The van der Waals surface area contributed by atoms with Gasteiger partial charge in [-0.25, -0.2) is 0 Å². The van der Waals surface area contributed by atoms with E-state index in [1.54, 1.807) is 11.3 Å². The van der Waals surface area contributed by atoms with Crippen molar-refractivity contribution in [1.82, 2.24) is 19.8 Å². The van der Waals surface area contributed by atoms with E-state index in [2.05, 4.69) is 43.1 Å². The zero-order valence-corrected chi connectivity index (χ0v) is 13.3. The first-order chi connectivity index (χ1) is 10.0. The molecule has 110 valence electrons. The Hall–Kier alpha value is -1.79. The van der Waals surface area contributed by atoms with Crippen molar-refractivity contribution in [3.63, 3.8) is 0 Å². The first-order valence-corrected chi connectivity index (χ1v) is 7.83. The SMILES string of the molecule is CC(C)(C)c1nnc2sc(-c3ccccc3CCN)nn12. The van der Waals surface area contributed by atoms with Gasteiger partial charge < -0.3 is 5.73 Å². The van der Waals surface area contributed by atoms with Crippen molar-refractivity contribution >= 4 is 16.3 Å². The van der Waals surface area contributed by atoms with Gasteiger partial charge in [-0.1, -0.05) is 56.4 Å². The summed E-state index contributed by atoms with van der Waals surface area (Å²) in [4.78, 5) is 0.831. The van der Waals surface area contributed by atoms with Gasteiger partial charge in [-0.3, -0.25) is 0 Å². The van der Waals surface area contributed by atoms with Crippen LogP contribution < -0.4 is 5.73 Å². The molecule has 0 saturated heterocycles. The van der Waals surface area contributed by atoms with Crippen LogP contribution in [0, 0.1) is 0 Å². The molecular formula is C15H19N5S. The third-order valence-corrected chi connectivity index (χ3v) is 4.26. The van der Waals surface area contributed by atoms with Crippen molar-refractivity contribution < 1.29 is 0 Å². The molecule has 2 heterocycles. The van der Waals surface area contributed by atoms with Crippen LogP contribution >= 0.6 is 11.3 Å². The summed E-state index contributed by atoms with van der Waals surface area (Å²) < 4.78 is 1.86. The van der Waals surface area contributed by atoms with Crippen LogP contribution in [0.1, 0.15) is 32.2 Å². The Labute approximate surface area is 127 Å². The average molecular weight is 301 g/mol. The number of hydrogen-bond donors (Lipinski definition) is 1. The molecular weight excluding hydrogens is 282 g/mol. The second-order valence-electron chi connectivity index (χ2n) is 6.07. The van der Waals surface area contributed by atoms with Gasteiger partial charge in [0.25, 0.3) is 0 Å². The number of fused-ring (bicyclic) bond motifs is 1. The molecule has 5 nitrogen and oxygen atoms in total. The topological polar surface area (TPSA) is 69.1 Å². The largest absolute Gasteiger partial charge is 0.330 e. The van der Waals surface area contributed by atoms with Crippen molar-refractivity contribution in [2.24, 2.45) is 5.73 Å². The summed E-state index contributed by atoms with van der Waals surface area (Å²) in [6, 6.07) is 8.26. The van der Waals surface area contributed by atoms with Crippen LogP contribution in [0.2, 0.25) is 0 Å². The lowest BCUT2D eigenvalue weighted by molar-refractivity contribution is 0.528. The number of hydrogen-bond acceptors (Lipinski definition) is 5. The van der Waals surface area contributed by atoms with Crippen molar-refractivity contribution in [1.29, 1.82) is 0 Å². The predicted octanol–water partition coefficient (Wildman–Crippen LogP) is 2.65. The molecule has 0 radical (unpaired) electrons. The Bertz CT molecular complexity index is 766. The maximum atomic E-state index is 5.70. The van der Waals surface area contributed by atoms with E-state index >= 15 is 0 Å². The molecule has 0 unspecified atom stereocenters. The number of nitrogens with zero attached hydrogens (tertiary/aromatic N) is 4. The number of aromatic nitrogens is 4. The van der Waals surface area contributed by atoms with Gasteiger partial charge >= 0.3 is 0 Å². The fourth-order valence-corrected chi connectivity index (χ4v) is 3.20. The second-order valence-corrected chi connectivity index (χ2v) is 7.03. The summed E-state index contributed by atoms with van der Waals surface area (Å²) >= 11 is 1.56. The first kappa shape index (κ1) is 14.2. The highest BCUT2D eigenvalue weighted by Crippen LogP contribution is 2.30. The van der Waals surface area contributed by atoms with E-state index in [9.17, 15) is 0 Å². The molecule has 6 heteroatoms. The van der Waals surface area contributed by atoms with Crippen LogP contribution in [-0.2, 0) is 11.8 Å². The normalized spacial score (nSPS) is 12.2. The maximum absolute atomic E-state index is 5.70. The van der Waals surface area contributed by atoms with Gasteiger partial charge in [-0.05, 0) is 18.5 Å². The summed E-state index contributed by atoms with van der Waals surface area (Å²) in [6.45, 7) is 6.98. The molecule has 0 bridgehead atoms. The smallest absolute Gasteiger partial charge is 0.235 e. The molecule has 2 aromatic heterocycles. The molecule has 3 aromatic rings. The molecule has 0 aliphatic heterocycles. The van der Waals surface area contributed by atoms with E-state index < -0.39 is 0 Å². The lowest BCUT2D eigenvalue weighted by atomic mass is 9.96. The quantitative estimate of drug-likeness (QED) is 0.807. The zero-order valence-electron chi connectivity index (χ0n) is 12.5. The number of rotatable bonds is 3. The first-order valence-electron chi connectivity index (χ1n) is 7.02. The molecule has 3 rings (SSSR count). The lowest BCUT2D eigenvalue weighted by Gasteiger charge is -2.13. The van der Waals surface area contributed by atoms with Crippen molar-refractivity contribution in [3.05, 3.63) is 35.7 Å². The van der Waals surface area contributed by atoms with Crippen molar-refractivity contribution in [2.45, 2.75) is 32.6 Å². The number of benzene rings is 1. The van der Waals surface area contributed by atoms with Crippen molar-refractivity contribution in [3.8, 4) is 10.6 Å². The number of nitrogens with two attached hydrogens (primary N) is 1. The van der Waals surface area contributed by atoms with E-state index in [-0.39, 0.29) is 5.41 Å². The summed E-state index contributed by atoms with van der Waals surface area (Å²) in [5.74, 6) is 0.885. The van der Waals surface area contributed by atoms with E-state index in [0.29, 0.717) is 6.54 Å². The van der Waals surface area contributed by atoms with Crippen LogP contribution in [-0.4, -0.2) is 26.4 Å². The van der Waals surface area contributed by atoms with Gasteiger partial charge in [-0.15, -0.1) is 10.2 Å². The highest BCUT2D eigenvalue weighted by molar-refractivity contribution is 7.19. The van der Waals surface area contributed by atoms with Gasteiger partial charge in [0.1, 0.15) is 5.01 Å². The van der Waals surface area contributed by atoms with Crippen LogP contribution in [0.25, 0.3) is 15.5 Å². The molecule has 0 aliphatic carbocycles. The minimum absolute atomic E-state index is 0.0818. The fourth-order valence-electron chi connectivity index (χ4n) is 2.30. The van der Waals surface area contributed by atoms with E-state index in [4.69, 9.17) is 10.8 Å². The zero-order chi connectivity index (χ0) is 15.0. The monoisotopic (exact) mass is 301 g/mol. The molecule has 0 spiro atoms. The van der Waals surface area contributed by atoms with Crippen LogP contribution in [0.3, 0.4) is 0 Å². The van der Waals surface area contributed by atoms with E-state index in [0.717, 1.165) is 27.8 Å². The summed E-state index contributed by atoms with van der Waals surface area (Å²) in [7, 11) is 0. The molecule has 0 saturated carbocycles. The maximum Gasteiger partial charge on any atom is 0.235 e. The van der Waals surface area contributed by atoms with Gasteiger partial charge in [-0.2, -0.15) is 9.61 Å². The van der Waals surface area contributed by atoms with Crippen LogP contribution in [0.5, 0.6) is 0 Å². The molecule has 0 amide bonds. The summed E-state index contributed by atoms with van der Waals surface area (Å²) in [5, 5.41) is 14.2. The molecule has 0 atom stereocenters. The predicted molar refractivity (Wildman–Crippen MR) is 85.6 cm³/mol. The minimum Gasteiger partial charge on any atom is -0.330 e. The average Bonchev–Trinajstić information content (AvgIpc) is 2.98. The van der Waals surface area contributed by atoms with E-state index in [1.165, 1.54) is 5.56 Å². The Morgan fingerprint density at radius 1 is 1.19 bits per heavy atom. The second kappa shape index (κ2) is 5.20. The standard InChI is InChI=1S/C15H19N5S/c1-15(2,3)13-17-18-14-20(13)19-12(21-14)11-7-5-4-6-10(11)8-9-16/h4-7H,8-9,16H2,1-3H3. The fraction of sp³-hybridized carbons (Fsp3) is 0.400. The summed E-state index contributed by atoms with van der Waals surface area (Å²) in [6.07, 6.45) is 0.850. The Balaban J connectivity index is 2.12. The Morgan fingerprint density at radius 2 is 1.95 bits per heavy atom. The van der Waals surface area contributed by atoms with Gasteiger partial charge in [0.05, 0.1) is 0 Å². The van der Waals surface area contributed by atoms with Gasteiger partial charge in [0, 0.05) is 11.0 Å². The third-order valence-electron chi connectivity index (χ3n) is 3.32. The van der Waals surface area contributed by atoms with Crippen LogP contribution in [0.4, 0.5) is 0 Å². The molecule has 2 N–H and O–H groups in total. The molecule has 21 heavy (non-hydrogen) atoms. The van der Waals surface area contributed by atoms with Gasteiger partial charge in [0.2, 0.25) is 4.96 Å². The molecule has 0 aliphatic rings. The lowest BCUT2D eigenvalue weighted by Crippen LogP contribution is -2.16.